The van der Waals surface area contributed by atoms with Crippen molar-refractivity contribution in [3.05, 3.63) is 0 Å². The smallest absolute Gasteiger partial charge is 0.0689 e. The second-order valence-corrected chi connectivity index (χ2v) is 4.12. The van der Waals surface area contributed by atoms with Crippen molar-refractivity contribution in [2.45, 2.75) is 44.1 Å². The van der Waals surface area contributed by atoms with E-state index in [1.165, 1.54) is 0 Å². The molecule has 0 spiro atoms. The van der Waals surface area contributed by atoms with Crippen LogP contribution in [-0.4, -0.2) is 10.7 Å². The lowest BCUT2D eigenvalue weighted by molar-refractivity contribution is -0.0736. The summed E-state index contributed by atoms with van der Waals surface area (Å²) in [6, 6.07) is 2.41. The molecular weight excluding hydrogens is 138 g/mol. The highest BCUT2D eigenvalue weighted by atomic mass is 16.3. The molecule has 3 fully saturated rings. The molecule has 3 saturated carbocycles. The molecule has 60 valence electrons. The lowest BCUT2D eigenvalue weighted by Gasteiger charge is -2.47. The molecule has 2 nitrogen and oxygen atoms in total. The Bertz CT molecular complexity index is 192. The first-order valence-electron chi connectivity index (χ1n) is 4.32. The molecule has 0 saturated heterocycles. The Morgan fingerprint density at radius 2 is 1.45 bits per heavy atom. The van der Waals surface area contributed by atoms with Crippen molar-refractivity contribution >= 4 is 0 Å². The van der Waals surface area contributed by atoms with Crippen LogP contribution in [0.1, 0.15) is 38.5 Å². The Morgan fingerprint density at radius 1 is 1.00 bits per heavy atom. The number of hydrogen-bond donors (Lipinski definition) is 1. The second-order valence-electron chi connectivity index (χ2n) is 4.12. The Hall–Kier alpha value is -0.550. The minimum absolute atomic E-state index is 0.0511. The van der Waals surface area contributed by atoms with E-state index in [0.29, 0.717) is 0 Å². The first-order chi connectivity index (χ1) is 5.18. The number of aliphatic hydroxyl groups is 1. The fourth-order valence-corrected chi connectivity index (χ4v) is 2.33. The van der Waals surface area contributed by atoms with Gasteiger partial charge in [-0.05, 0) is 38.5 Å². The molecule has 0 unspecified atom stereocenters. The minimum Gasteiger partial charge on any atom is -0.390 e. The van der Waals surface area contributed by atoms with Gasteiger partial charge in [0.05, 0.1) is 17.1 Å². The van der Waals surface area contributed by atoms with Gasteiger partial charge in [0.25, 0.3) is 0 Å². The van der Waals surface area contributed by atoms with Crippen LogP contribution in [0.3, 0.4) is 0 Å². The standard InChI is InChI=1S/C9H13NO/c10-7-8-1-4-9(11,5-2-8)6-3-8/h11H,1-6H2. The molecule has 0 aromatic heterocycles. The zero-order valence-electron chi connectivity index (χ0n) is 6.64. The van der Waals surface area contributed by atoms with Gasteiger partial charge in [0.15, 0.2) is 0 Å². The van der Waals surface area contributed by atoms with Crippen LogP contribution < -0.4 is 0 Å². The third-order valence-corrected chi connectivity index (χ3v) is 3.44. The lowest BCUT2D eigenvalue weighted by Crippen LogP contribution is -2.45. The van der Waals surface area contributed by atoms with Crippen LogP contribution in [-0.2, 0) is 0 Å². The van der Waals surface area contributed by atoms with E-state index >= 15 is 0 Å². The van der Waals surface area contributed by atoms with Crippen LogP contribution in [0.4, 0.5) is 0 Å². The lowest BCUT2D eigenvalue weighted by atomic mass is 9.59. The van der Waals surface area contributed by atoms with Crippen molar-refractivity contribution in [2.75, 3.05) is 0 Å². The molecule has 0 heterocycles. The molecule has 0 aromatic carbocycles. The van der Waals surface area contributed by atoms with Crippen LogP contribution in [0.2, 0.25) is 0 Å². The van der Waals surface area contributed by atoms with E-state index in [1.807, 2.05) is 0 Å². The molecule has 3 rings (SSSR count). The normalized spacial score (nSPS) is 48.7. The average Bonchev–Trinajstić information content (AvgIpc) is 2.07. The summed E-state index contributed by atoms with van der Waals surface area (Å²) in [5.74, 6) is 0. The first kappa shape index (κ1) is 7.12. The van der Waals surface area contributed by atoms with Crippen LogP contribution in [0.25, 0.3) is 0 Å². The highest BCUT2D eigenvalue weighted by Crippen LogP contribution is 2.51. The molecule has 3 aliphatic carbocycles. The number of rotatable bonds is 0. The van der Waals surface area contributed by atoms with Crippen LogP contribution in [0.15, 0.2) is 0 Å². The monoisotopic (exact) mass is 151 g/mol. The van der Waals surface area contributed by atoms with Crippen molar-refractivity contribution in [2.24, 2.45) is 5.41 Å². The quantitative estimate of drug-likeness (QED) is 0.571. The van der Waals surface area contributed by atoms with Gasteiger partial charge >= 0.3 is 0 Å². The molecule has 0 aliphatic heterocycles. The van der Waals surface area contributed by atoms with E-state index in [-0.39, 0.29) is 5.41 Å². The Morgan fingerprint density at radius 3 is 1.82 bits per heavy atom. The Labute approximate surface area is 66.8 Å². The second kappa shape index (κ2) is 1.98. The minimum atomic E-state index is -0.390. The first-order valence-corrected chi connectivity index (χ1v) is 4.32. The van der Waals surface area contributed by atoms with Crippen molar-refractivity contribution in [1.29, 1.82) is 5.26 Å². The molecule has 0 atom stereocenters. The zero-order chi connectivity index (χ0) is 7.95. The van der Waals surface area contributed by atoms with Gasteiger partial charge in [0.1, 0.15) is 0 Å². The molecule has 11 heavy (non-hydrogen) atoms. The predicted octanol–water partition coefficient (Wildman–Crippen LogP) is 1.60. The summed E-state index contributed by atoms with van der Waals surface area (Å²) in [6.07, 6.45) is 5.29. The van der Waals surface area contributed by atoms with E-state index in [2.05, 4.69) is 6.07 Å². The molecule has 3 aliphatic rings. The highest BCUT2D eigenvalue weighted by molar-refractivity contribution is 5.09. The summed E-state index contributed by atoms with van der Waals surface area (Å²) < 4.78 is 0. The van der Waals surface area contributed by atoms with Gasteiger partial charge in [-0.15, -0.1) is 0 Å². The predicted molar refractivity (Wildman–Crippen MR) is 40.7 cm³/mol. The molecule has 0 amide bonds. The van der Waals surface area contributed by atoms with Crippen molar-refractivity contribution in [3.63, 3.8) is 0 Å². The maximum Gasteiger partial charge on any atom is 0.0689 e. The van der Waals surface area contributed by atoms with E-state index < -0.39 is 5.60 Å². The molecule has 0 radical (unpaired) electrons. The Kier molecular flexibility index (Phi) is 1.28. The Balaban J connectivity index is 2.20. The third kappa shape index (κ3) is 0.954. The van der Waals surface area contributed by atoms with Gasteiger partial charge in [-0.3, -0.25) is 0 Å². The van der Waals surface area contributed by atoms with E-state index in [1.54, 1.807) is 0 Å². The summed E-state index contributed by atoms with van der Waals surface area (Å²) in [4.78, 5) is 0. The number of fused-ring (bicyclic) bond motifs is 3. The maximum absolute atomic E-state index is 9.82. The summed E-state index contributed by atoms with van der Waals surface area (Å²) >= 11 is 0. The van der Waals surface area contributed by atoms with E-state index in [4.69, 9.17) is 5.26 Å². The fourth-order valence-electron chi connectivity index (χ4n) is 2.33. The average molecular weight is 151 g/mol. The molecule has 0 aromatic rings. The topological polar surface area (TPSA) is 44.0 Å². The van der Waals surface area contributed by atoms with Crippen molar-refractivity contribution in [1.82, 2.24) is 0 Å². The number of nitriles is 1. The van der Waals surface area contributed by atoms with Gasteiger partial charge < -0.3 is 5.11 Å². The van der Waals surface area contributed by atoms with Crippen molar-refractivity contribution < 1.29 is 5.11 Å². The van der Waals surface area contributed by atoms with Crippen molar-refractivity contribution in [3.8, 4) is 6.07 Å². The largest absolute Gasteiger partial charge is 0.390 e. The summed E-state index contributed by atoms with van der Waals surface area (Å²) in [5.41, 5.74) is -0.441. The maximum atomic E-state index is 9.82. The number of hydrogen-bond acceptors (Lipinski definition) is 2. The SMILES string of the molecule is N#CC12CCC(O)(CC1)CC2. The van der Waals surface area contributed by atoms with E-state index in [9.17, 15) is 5.11 Å². The number of nitrogens with zero attached hydrogens (tertiary/aromatic N) is 1. The highest BCUT2D eigenvalue weighted by Gasteiger charge is 2.47. The molecule has 1 N–H and O–H groups in total. The van der Waals surface area contributed by atoms with Crippen LogP contribution >= 0.6 is 0 Å². The molecule has 2 heteroatoms. The fraction of sp³-hybridized carbons (Fsp3) is 0.889. The van der Waals surface area contributed by atoms with Gasteiger partial charge in [-0.25, -0.2) is 0 Å². The van der Waals surface area contributed by atoms with Crippen LogP contribution in [0.5, 0.6) is 0 Å². The summed E-state index contributed by atoms with van der Waals surface area (Å²) in [7, 11) is 0. The third-order valence-electron chi connectivity index (χ3n) is 3.44. The van der Waals surface area contributed by atoms with E-state index in [0.717, 1.165) is 38.5 Å². The van der Waals surface area contributed by atoms with Gasteiger partial charge in [0.2, 0.25) is 0 Å². The molecular formula is C9H13NO. The molecule has 2 bridgehead atoms. The van der Waals surface area contributed by atoms with Gasteiger partial charge in [-0.1, -0.05) is 0 Å². The summed E-state index contributed by atoms with van der Waals surface area (Å²) in [5, 5.41) is 18.7. The van der Waals surface area contributed by atoms with Gasteiger partial charge in [0, 0.05) is 0 Å². The summed E-state index contributed by atoms with van der Waals surface area (Å²) in [6.45, 7) is 0. The van der Waals surface area contributed by atoms with Crippen LogP contribution in [0, 0.1) is 16.7 Å². The zero-order valence-corrected chi connectivity index (χ0v) is 6.64. The van der Waals surface area contributed by atoms with Gasteiger partial charge in [-0.2, -0.15) is 5.26 Å².